The van der Waals surface area contributed by atoms with Crippen molar-refractivity contribution in [3.8, 4) is 11.3 Å². The number of hydrogen-bond acceptors (Lipinski definition) is 4. The molecule has 0 aliphatic carbocycles. The molecule has 3 aromatic rings. The zero-order valence-electron chi connectivity index (χ0n) is 12.9. The van der Waals surface area contributed by atoms with E-state index in [1.54, 1.807) is 23.0 Å². The van der Waals surface area contributed by atoms with Crippen molar-refractivity contribution < 1.29 is 8.42 Å². The normalized spacial score (nSPS) is 12.5. The second-order valence-corrected chi connectivity index (χ2v) is 8.56. The number of rotatable bonds is 4. The molecule has 0 aliphatic rings. The summed E-state index contributed by atoms with van der Waals surface area (Å²) in [6.07, 6.45) is 1.62. The second-order valence-electron chi connectivity index (χ2n) is 5.96. The van der Waals surface area contributed by atoms with Gasteiger partial charge in [-0.2, -0.15) is 11.3 Å². The lowest BCUT2D eigenvalue weighted by atomic mass is 9.98. The molecule has 120 valence electrons. The smallest absolute Gasteiger partial charge is 0.268 e. The predicted octanol–water partition coefficient (Wildman–Crippen LogP) is 3.65. The Morgan fingerprint density at radius 2 is 1.83 bits per heavy atom. The van der Waals surface area contributed by atoms with Gasteiger partial charge in [0, 0.05) is 17.1 Å². The van der Waals surface area contributed by atoms with Crippen molar-refractivity contribution in [3.63, 3.8) is 0 Å². The molecule has 0 aliphatic heterocycles. The van der Waals surface area contributed by atoms with Crippen LogP contribution in [0.3, 0.4) is 0 Å². The fraction of sp³-hybridized carbons (Fsp3) is 0.176. The molecule has 0 amide bonds. The highest BCUT2D eigenvalue weighted by Gasteiger charge is 2.25. The number of nitrogens with two attached hydrogens (primary N) is 1. The highest BCUT2D eigenvalue weighted by Crippen LogP contribution is 2.31. The van der Waals surface area contributed by atoms with Gasteiger partial charge in [0.25, 0.3) is 10.0 Å². The van der Waals surface area contributed by atoms with E-state index in [2.05, 4.69) is 0 Å². The Morgan fingerprint density at radius 1 is 1.13 bits per heavy atom. The number of nitrogens with zero attached hydrogens (tertiary/aromatic N) is 1. The summed E-state index contributed by atoms with van der Waals surface area (Å²) in [5.41, 5.74) is 7.77. The van der Waals surface area contributed by atoms with Gasteiger partial charge in [0.05, 0.1) is 10.6 Å². The summed E-state index contributed by atoms with van der Waals surface area (Å²) < 4.78 is 27.2. The Labute approximate surface area is 140 Å². The van der Waals surface area contributed by atoms with E-state index in [0.717, 1.165) is 11.1 Å². The Bertz CT molecular complexity index is 903. The monoisotopic (exact) mass is 346 g/mol. The fourth-order valence-electron chi connectivity index (χ4n) is 2.33. The van der Waals surface area contributed by atoms with Crippen LogP contribution in [0.15, 0.2) is 64.3 Å². The Kier molecular flexibility index (Phi) is 3.91. The molecule has 3 rings (SSSR count). The second kappa shape index (κ2) is 5.63. The van der Waals surface area contributed by atoms with E-state index in [0.29, 0.717) is 5.69 Å². The van der Waals surface area contributed by atoms with Crippen LogP contribution in [0.2, 0.25) is 0 Å². The molecule has 0 saturated carbocycles. The van der Waals surface area contributed by atoms with Crippen molar-refractivity contribution in [1.82, 2.24) is 3.97 Å². The van der Waals surface area contributed by atoms with E-state index in [1.807, 2.05) is 50.2 Å². The van der Waals surface area contributed by atoms with Gasteiger partial charge in [0.2, 0.25) is 0 Å². The molecule has 0 radical (unpaired) electrons. The van der Waals surface area contributed by atoms with Crippen molar-refractivity contribution >= 4 is 21.4 Å². The van der Waals surface area contributed by atoms with E-state index in [1.165, 1.54) is 15.3 Å². The SMILES string of the molecule is CC(C)(N)c1cc(-c2ccccc2)n(S(=O)(=O)c2ccsc2)c1. The average molecular weight is 346 g/mol. The summed E-state index contributed by atoms with van der Waals surface area (Å²) in [6, 6.07) is 12.9. The van der Waals surface area contributed by atoms with Crippen molar-refractivity contribution in [2.75, 3.05) is 0 Å². The fourth-order valence-corrected chi connectivity index (χ4v) is 4.72. The first-order valence-corrected chi connectivity index (χ1v) is 9.53. The van der Waals surface area contributed by atoms with E-state index in [-0.39, 0.29) is 4.90 Å². The molecule has 0 bridgehead atoms. The Morgan fingerprint density at radius 3 is 2.39 bits per heavy atom. The molecule has 2 heterocycles. The van der Waals surface area contributed by atoms with Crippen LogP contribution < -0.4 is 5.73 Å². The third-order valence-electron chi connectivity index (χ3n) is 3.65. The summed E-state index contributed by atoms with van der Waals surface area (Å²) in [5, 5.41) is 3.39. The van der Waals surface area contributed by atoms with E-state index in [4.69, 9.17) is 5.73 Å². The van der Waals surface area contributed by atoms with Gasteiger partial charge in [0.15, 0.2) is 0 Å². The molecule has 0 spiro atoms. The first kappa shape index (κ1) is 16.0. The van der Waals surface area contributed by atoms with Gasteiger partial charge in [-0.3, -0.25) is 0 Å². The van der Waals surface area contributed by atoms with Gasteiger partial charge in [0.1, 0.15) is 0 Å². The van der Waals surface area contributed by atoms with Crippen LogP contribution in [-0.4, -0.2) is 12.4 Å². The molecule has 0 atom stereocenters. The molecule has 0 fully saturated rings. The highest BCUT2D eigenvalue weighted by atomic mass is 32.2. The highest BCUT2D eigenvalue weighted by molar-refractivity contribution is 7.90. The Hall–Kier alpha value is -1.89. The summed E-state index contributed by atoms with van der Waals surface area (Å²) in [4.78, 5) is 0.289. The van der Waals surface area contributed by atoms with Crippen LogP contribution in [0, 0.1) is 0 Å². The van der Waals surface area contributed by atoms with Gasteiger partial charge in [-0.05, 0) is 42.5 Å². The molecule has 4 nitrogen and oxygen atoms in total. The van der Waals surface area contributed by atoms with Crippen molar-refractivity contribution in [3.05, 3.63) is 65.0 Å². The predicted molar refractivity (Wildman–Crippen MR) is 94.0 cm³/mol. The maximum Gasteiger partial charge on any atom is 0.268 e. The summed E-state index contributed by atoms with van der Waals surface area (Å²) in [5.74, 6) is 0. The van der Waals surface area contributed by atoms with E-state index < -0.39 is 15.6 Å². The molecule has 0 saturated heterocycles. The average Bonchev–Trinajstić information content (AvgIpc) is 3.18. The number of hydrogen-bond donors (Lipinski definition) is 1. The standard InChI is InChI=1S/C17H18N2O2S2/c1-17(2,18)14-10-16(13-6-4-3-5-7-13)19(11-14)23(20,21)15-8-9-22-12-15/h3-12H,18H2,1-2H3. The number of thiophene rings is 1. The largest absolute Gasteiger partial charge is 0.322 e. The van der Waals surface area contributed by atoms with Gasteiger partial charge in [-0.1, -0.05) is 30.3 Å². The topological polar surface area (TPSA) is 65.1 Å². The van der Waals surface area contributed by atoms with Crippen LogP contribution in [-0.2, 0) is 15.6 Å². The van der Waals surface area contributed by atoms with Gasteiger partial charge < -0.3 is 5.73 Å². The molecular formula is C17H18N2O2S2. The third-order valence-corrected chi connectivity index (χ3v) is 6.15. The third kappa shape index (κ3) is 2.97. The van der Waals surface area contributed by atoms with Crippen molar-refractivity contribution in [2.45, 2.75) is 24.3 Å². The first-order valence-electron chi connectivity index (χ1n) is 7.15. The van der Waals surface area contributed by atoms with Gasteiger partial charge in [-0.15, -0.1) is 0 Å². The zero-order chi connectivity index (χ0) is 16.7. The maximum atomic E-state index is 13.0. The first-order chi connectivity index (χ1) is 10.8. The van der Waals surface area contributed by atoms with Crippen LogP contribution in [0.25, 0.3) is 11.3 Å². The number of benzene rings is 1. The lowest BCUT2D eigenvalue weighted by Gasteiger charge is -2.16. The zero-order valence-corrected chi connectivity index (χ0v) is 14.6. The quantitative estimate of drug-likeness (QED) is 0.784. The van der Waals surface area contributed by atoms with Crippen LogP contribution >= 0.6 is 11.3 Å². The van der Waals surface area contributed by atoms with Crippen LogP contribution in [0.1, 0.15) is 19.4 Å². The van der Waals surface area contributed by atoms with E-state index in [9.17, 15) is 8.42 Å². The summed E-state index contributed by atoms with van der Waals surface area (Å²) >= 11 is 1.36. The number of aromatic nitrogens is 1. The minimum absolute atomic E-state index is 0.289. The molecule has 1 aromatic carbocycles. The summed E-state index contributed by atoms with van der Waals surface area (Å²) in [6.45, 7) is 3.72. The van der Waals surface area contributed by atoms with E-state index >= 15 is 0 Å². The molecule has 0 unspecified atom stereocenters. The van der Waals surface area contributed by atoms with Crippen LogP contribution in [0.4, 0.5) is 0 Å². The van der Waals surface area contributed by atoms with Crippen molar-refractivity contribution in [1.29, 1.82) is 0 Å². The maximum absolute atomic E-state index is 13.0. The minimum atomic E-state index is -3.64. The van der Waals surface area contributed by atoms with Gasteiger partial charge in [-0.25, -0.2) is 12.4 Å². The summed E-state index contributed by atoms with van der Waals surface area (Å²) in [7, 11) is -3.64. The molecule has 23 heavy (non-hydrogen) atoms. The molecular weight excluding hydrogens is 328 g/mol. The lowest BCUT2D eigenvalue weighted by molar-refractivity contribution is 0.554. The molecule has 2 aromatic heterocycles. The Balaban J connectivity index is 2.26. The molecule has 2 N–H and O–H groups in total. The molecule has 6 heteroatoms. The minimum Gasteiger partial charge on any atom is -0.322 e. The van der Waals surface area contributed by atoms with Crippen LogP contribution in [0.5, 0.6) is 0 Å². The van der Waals surface area contributed by atoms with Crippen molar-refractivity contribution in [2.24, 2.45) is 5.73 Å². The lowest BCUT2D eigenvalue weighted by Crippen LogP contribution is -2.28. The van der Waals surface area contributed by atoms with Gasteiger partial charge >= 0.3 is 0 Å².